The Morgan fingerprint density at radius 1 is 1.32 bits per heavy atom. The molecule has 0 fully saturated rings. The van der Waals surface area contributed by atoms with Crippen LogP contribution in [-0.2, 0) is 16.1 Å². The fraction of sp³-hybridized carbons (Fsp3) is 0.533. The van der Waals surface area contributed by atoms with Crippen molar-refractivity contribution in [3.8, 4) is 0 Å². The first-order chi connectivity index (χ1) is 9.08. The van der Waals surface area contributed by atoms with Crippen molar-refractivity contribution in [2.75, 3.05) is 12.4 Å². The van der Waals surface area contributed by atoms with E-state index in [1.807, 2.05) is 38.1 Å². The van der Waals surface area contributed by atoms with Gasteiger partial charge in [-0.3, -0.25) is 4.79 Å². The van der Waals surface area contributed by atoms with Gasteiger partial charge in [0.1, 0.15) is 6.04 Å². The minimum Gasteiger partial charge on any atom is -0.380 e. The zero-order valence-corrected chi connectivity index (χ0v) is 12.2. The van der Waals surface area contributed by atoms with E-state index in [0.717, 1.165) is 17.7 Å². The van der Waals surface area contributed by atoms with Gasteiger partial charge in [-0.05, 0) is 26.3 Å². The lowest BCUT2D eigenvalue weighted by molar-refractivity contribution is -0.122. The molecule has 0 spiro atoms. The summed E-state index contributed by atoms with van der Waals surface area (Å²) in [5, 5.41) is 6.20. The molecule has 1 aromatic carbocycles. The molecule has 1 rings (SSSR count). The van der Waals surface area contributed by atoms with Gasteiger partial charge in [0.05, 0.1) is 6.61 Å². The molecular weight excluding hydrogens is 240 g/mol. The third-order valence-corrected chi connectivity index (χ3v) is 3.08. The first kappa shape index (κ1) is 15.5. The average molecular weight is 264 g/mol. The number of ether oxygens (including phenoxy) is 1. The van der Waals surface area contributed by atoms with Crippen LogP contribution in [0.15, 0.2) is 24.3 Å². The van der Waals surface area contributed by atoms with Crippen molar-refractivity contribution in [2.24, 2.45) is 0 Å². The summed E-state index contributed by atoms with van der Waals surface area (Å²) in [6, 6.07) is 7.79. The number of hydrogen-bond acceptors (Lipinski definition) is 3. The number of nitrogens with one attached hydrogen (secondary N) is 2. The Bertz CT molecular complexity index is 407. The molecule has 0 saturated heterocycles. The first-order valence-corrected chi connectivity index (χ1v) is 6.72. The van der Waals surface area contributed by atoms with Crippen LogP contribution in [0.1, 0.15) is 32.8 Å². The minimum absolute atomic E-state index is 0.0153. The zero-order chi connectivity index (χ0) is 14.3. The van der Waals surface area contributed by atoms with E-state index in [-0.39, 0.29) is 18.0 Å². The molecule has 106 valence electrons. The lowest BCUT2D eigenvalue weighted by atomic mass is 10.1. The van der Waals surface area contributed by atoms with Crippen LogP contribution in [-0.4, -0.2) is 25.1 Å². The van der Waals surface area contributed by atoms with Crippen LogP contribution >= 0.6 is 0 Å². The molecule has 0 saturated carbocycles. The Morgan fingerprint density at radius 3 is 2.63 bits per heavy atom. The monoisotopic (exact) mass is 264 g/mol. The Kier molecular flexibility index (Phi) is 6.36. The maximum atomic E-state index is 12.0. The van der Waals surface area contributed by atoms with Gasteiger partial charge in [-0.1, -0.05) is 25.1 Å². The van der Waals surface area contributed by atoms with E-state index in [0.29, 0.717) is 6.61 Å². The van der Waals surface area contributed by atoms with Gasteiger partial charge in [-0.15, -0.1) is 0 Å². The maximum absolute atomic E-state index is 12.0. The standard InChI is InChI=1S/C15H24N2O2/c1-5-11(2)16-15(18)12(3)17-14-9-7-6-8-13(14)10-19-4/h6-9,11-12,17H,5,10H2,1-4H3,(H,16,18). The molecule has 1 aromatic rings. The number of benzene rings is 1. The van der Waals surface area contributed by atoms with Crippen LogP contribution in [0, 0.1) is 0 Å². The summed E-state index contributed by atoms with van der Waals surface area (Å²) in [4.78, 5) is 12.0. The van der Waals surface area contributed by atoms with E-state index >= 15 is 0 Å². The van der Waals surface area contributed by atoms with Crippen LogP contribution in [0.2, 0.25) is 0 Å². The third kappa shape index (κ3) is 4.91. The molecule has 19 heavy (non-hydrogen) atoms. The molecule has 2 atom stereocenters. The zero-order valence-electron chi connectivity index (χ0n) is 12.2. The lowest BCUT2D eigenvalue weighted by Gasteiger charge is -2.20. The van der Waals surface area contributed by atoms with Gasteiger partial charge in [0, 0.05) is 24.4 Å². The van der Waals surface area contributed by atoms with Crippen LogP contribution < -0.4 is 10.6 Å². The number of amides is 1. The predicted molar refractivity (Wildman–Crippen MR) is 78.1 cm³/mol. The highest BCUT2D eigenvalue weighted by molar-refractivity contribution is 5.84. The summed E-state index contributed by atoms with van der Waals surface area (Å²) < 4.78 is 5.15. The second-order valence-electron chi connectivity index (χ2n) is 4.77. The summed E-state index contributed by atoms with van der Waals surface area (Å²) in [5.74, 6) is 0.0153. The van der Waals surface area contributed by atoms with E-state index in [4.69, 9.17) is 4.74 Å². The molecule has 0 aliphatic heterocycles. The van der Waals surface area contributed by atoms with Crippen molar-refractivity contribution in [3.05, 3.63) is 29.8 Å². The molecule has 1 amide bonds. The Labute approximate surface area is 115 Å². The molecular formula is C15H24N2O2. The SMILES string of the molecule is CCC(C)NC(=O)C(C)Nc1ccccc1COC. The summed E-state index contributed by atoms with van der Waals surface area (Å²) in [7, 11) is 1.66. The fourth-order valence-corrected chi connectivity index (χ4v) is 1.71. The predicted octanol–water partition coefficient (Wildman–Crippen LogP) is 2.55. The van der Waals surface area contributed by atoms with Gasteiger partial charge < -0.3 is 15.4 Å². The van der Waals surface area contributed by atoms with Crippen molar-refractivity contribution < 1.29 is 9.53 Å². The number of para-hydroxylation sites is 1. The van der Waals surface area contributed by atoms with Crippen molar-refractivity contribution in [3.63, 3.8) is 0 Å². The van der Waals surface area contributed by atoms with Gasteiger partial charge in [0.25, 0.3) is 0 Å². The van der Waals surface area contributed by atoms with Crippen molar-refractivity contribution in [1.29, 1.82) is 0 Å². The average Bonchev–Trinajstić information content (AvgIpc) is 2.41. The Hall–Kier alpha value is -1.55. The molecule has 2 N–H and O–H groups in total. The number of carbonyl (C=O) groups excluding carboxylic acids is 1. The van der Waals surface area contributed by atoms with E-state index < -0.39 is 0 Å². The quantitative estimate of drug-likeness (QED) is 0.795. The van der Waals surface area contributed by atoms with E-state index in [1.165, 1.54) is 0 Å². The Morgan fingerprint density at radius 2 is 2.00 bits per heavy atom. The number of carbonyl (C=O) groups is 1. The van der Waals surface area contributed by atoms with Crippen molar-refractivity contribution in [1.82, 2.24) is 5.32 Å². The highest BCUT2D eigenvalue weighted by Crippen LogP contribution is 2.16. The highest BCUT2D eigenvalue weighted by Gasteiger charge is 2.15. The van der Waals surface area contributed by atoms with E-state index in [1.54, 1.807) is 7.11 Å². The van der Waals surface area contributed by atoms with Gasteiger partial charge in [0.2, 0.25) is 5.91 Å². The number of rotatable bonds is 7. The second kappa shape index (κ2) is 7.79. The molecule has 2 unspecified atom stereocenters. The molecule has 0 bridgehead atoms. The van der Waals surface area contributed by atoms with Gasteiger partial charge in [0.15, 0.2) is 0 Å². The summed E-state index contributed by atoms with van der Waals surface area (Å²) in [6.45, 7) is 6.45. The summed E-state index contributed by atoms with van der Waals surface area (Å²) >= 11 is 0. The molecule has 0 aliphatic rings. The van der Waals surface area contributed by atoms with Crippen molar-refractivity contribution >= 4 is 11.6 Å². The molecule has 4 nitrogen and oxygen atoms in total. The lowest BCUT2D eigenvalue weighted by Crippen LogP contribution is -2.42. The fourth-order valence-electron chi connectivity index (χ4n) is 1.71. The topological polar surface area (TPSA) is 50.4 Å². The third-order valence-electron chi connectivity index (χ3n) is 3.08. The minimum atomic E-state index is -0.271. The largest absolute Gasteiger partial charge is 0.380 e. The molecule has 4 heteroatoms. The molecule has 0 aromatic heterocycles. The van der Waals surface area contributed by atoms with E-state index in [2.05, 4.69) is 17.6 Å². The molecule has 0 radical (unpaired) electrons. The first-order valence-electron chi connectivity index (χ1n) is 6.72. The van der Waals surface area contributed by atoms with Gasteiger partial charge >= 0.3 is 0 Å². The normalized spacial score (nSPS) is 13.7. The second-order valence-corrected chi connectivity index (χ2v) is 4.77. The number of methoxy groups -OCH3 is 1. The van der Waals surface area contributed by atoms with Crippen molar-refractivity contribution in [2.45, 2.75) is 45.9 Å². The van der Waals surface area contributed by atoms with Crippen LogP contribution in [0.25, 0.3) is 0 Å². The summed E-state index contributed by atoms with van der Waals surface area (Å²) in [5.41, 5.74) is 1.99. The maximum Gasteiger partial charge on any atom is 0.242 e. The Balaban J connectivity index is 2.65. The van der Waals surface area contributed by atoms with Crippen LogP contribution in [0.3, 0.4) is 0 Å². The highest BCUT2D eigenvalue weighted by atomic mass is 16.5. The van der Waals surface area contributed by atoms with Gasteiger partial charge in [-0.2, -0.15) is 0 Å². The number of hydrogen-bond donors (Lipinski definition) is 2. The van der Waals surface area contributed by atoms with Gasteiger partial charge in [-0.25, -0.2) is 0 Å². The summed E-state index contributed by atoms with van der Waals surface area (Å²) in [6.07, 6.45) is 0.929. The molecule has 0 heterocycles. The molecule has 0 aliphatic carbocycles. The van der Waals surface area contributed by atoms with E-state index in [9.17, 15) is 4.79 Å². The number of anilines is 1. The van der Waals surface area contributed by atoms with Crippen LogP contribution in [0.4, 0.5) is 5.69 Å². The van der Waals surface area contributed by atoms with Crippen LogP contribution in [0.5, 0.6) is 0 Å². The smallest absolute Gasteiger partial charge is 0.242 e.